The Balaban J connectivity index is 2.03. The second-order valence-electron chi connectivity index (χ2n) is 3.30. The number of hydrogen-bond donors (Lipinski definition) is 1. The van der Waals surface area contributed by atoms with Gasteiger partial charge in [0.25, 0.3) is 0 Å². The monoisotopic (exact) mass is 166 g/mol. The molecule has 1 aliphatic rings. The van der Waals surface area contributed by atoms with Gasteiger partial charge in [0, 0.05) is 12.5 Å². The van der Waals surface area contributed by atoms with Crippen molar-refractivity contribution in [2.75, 3.05) is 6.54 Å². The van der Waals surface area contributed by atoms with E-state index in [1.165, 1.54) is 12.8 Å². The molecule has 0 unspecified atom stereocenters. The molecule has 0 radical (unpaired) electrons. The maximum atomic E-state index is 5.43. The first-order chi connectivity index (χ1) is 5.92. The highest BCUT2D eigenvalue weighted by molar-refractivity contribution is 5.04. The van der Waals surface area contributed by atoms with Gasteiger partial charge in [-0.2, -0.15) is 0 Å². The molecule has 0 aromatic carbocycles. The number of nitrogens with two attached hydrogens (primary N) is 1. The highest BCUT2D eigenvalue weighted by Crippen LogP contribution is 2.38. The van der Waals surface area contributed by atoms with Gasteiger partial charge < -0.3 is 10.3 Å². The van der Waals surface area contributed by atoms with E-state index >= 15 is 0 Å². The lowest BCUT2D eigenvalue weighted by Gasteiger charge is -2.02. The zero-order valence-electron chi connectivity index (χ0n) is 7.11. The zero-order valence-corrected chi connectivity index (χ0v) is 7.11. The van der Waals surface area contributed by atoms with Crippen molar-refractivity contribution >= 4 is 0 Å². The van der Waals surface area contributed by atoms with E-state index in [0.29, 0.717) is 5.92 Å². The molecule has 1 aliphatic carbocycles. The molecule has 1 heterocycles. The number of hydrogen-bond acceptors (Lipinski definition) is 3. The van der Waals surface area contributed by atoms with Crippen LogP contribution in [0.25, 0.3) is 0 Å². The lowest BCUT2D eigenvalue weighted by atomic mass is 10.3. The summed E-state index contributed by atoms with van der Waals surface area (Å²) in [5.41, 5.74) is 5.43. The summed E-state index contributed by atoms with van der Waals surface area (Å²) in [7, 11) is 0. The van der Waals surface area contributed by atoms with Crippen molar-refractivity contribution in [3.63, 3.8) is 0 Å². The minimum atomic E-state index is 0.685. The highest BCUT2D eigenvalue weighted by Gasteiger charge is 2.28. The second kappa shape index (κ2) is 3.23. The molecule has 2 rings (SSSR count). The van der Waals surface area contributed by atoms with Crippen LogP contribution >= 0.6 is 0 Å². The predicted molar refractivity (Wildman–Crippen MR) is 45.7 cm³/mol. The van der Waals surface area contributed by atoms with Gasteiger partial charge in [-0.1, -0.05) is 0 Å². The summed E-state index contributed by atoms with van der Waals surface area (Å²) in [5, 5.41) is 8.01. The molecular weight excluding hydrogens is 152 g/mol. The first-order valence-electron chi connectivity index (χ1n) is 4.49. The first-order valence-corrected chi connectivity index (χ1v) is 4.49. The van der Waals surface area contributed by atoms with Crippen LogP contribution in [0.15, 0.2) is 6.33 Å². The minimum absolute atomic E-state index is 0.685. The van der Waals surface area contributed by atoms with Crippen LogP contribution in [0.5, 0.6) is 0 Å². The average Bonchev–Trinajstić information content (AvgIpc) is 2.83. The van der Waals surface area contributed by atoms with E-state index in [-0.39, 0.29) is 0 Å². The summed E-state index contributed by atoms with van der Waals surface area (Å²) in [6.45, 7) is 1.71. The maximum Gasteiger partial charge on any atom is 0.135 e. The number of rotatable bonds is 4. The molecular formula is C8H14N4. The molecule has 0 aliphatic heterocycles. The van der Waals surface area contributed by atoms with Gasteiger partial charge in [-0.3, -0.25) is 0 Å². The molecule has 1 aromatic heterocycles. The Morgan fingerprint density at radius 3 is 3.08 bits per heavy atom. The van der Waals surface area contributed by atoms with Gasteiger partial charge in [-0.25, -0.2) is 0 Å². The number of aryl methyl sites for hydroxylation is 1. The standard InChI is InChI=1S/C8H14N4/c9-4-1-5-12-6-10-11-8(12)7-2-3-7/h6-7H,1-5,9H2. The fourth-order valence-corrected chi connectivity index (χ4v) is 1.36. The van der Waals surface area contributed by atoms with Crippen LogP contribution in [-0.4, -0.2) is 21.3 Å². The maximum absolute atomic E-state index is 5.43. The molecule has 2 N–H and O–H groups in total. The van der Waals surface area contributed by atoms with Crippen molar-refractivity contribution < 1.29 is 0 Å². The van der Waals surface area contributed by atoms with Gasteiger partial charge in [-0.15, -0.1) is 10.2 Å². The van der Waals surface area contributed by atoms with E-state index in [9.17, 15) is 0 Å². The summed E-state index contributed by atoms with van der Waals surface area (Å²) in [6.07, 6.45) is 5.38. The smallest absolute Gasteiger partial charge is 0.135 e. The molecule has 12 heavy (non-hydrogen) atoms. The molecule has 0 atom stereocenters. The zero-order chi connectivity index (χ0) is 8.39. The van der Waals surface area contributed by atoms with Crippen LogP contribution in [0.1, 0.15) is 31.0 Å². The van der Waals surface area contributed by atoms with Crippen LogP contribution < -0.4 is 5.73 Å². The third kappa shape index (κ3) is 1.48. The van der Waals surface area contributed by atoms with Gasteiger partial charge in [0.2, 0.25) is 0 Å². The summed E-state index contributed by atoms with van der Waals surface area (Å²) in [6, 6.07) is 0. The van der Waals surface area contributed by atoms with Gasteiger partial charge >= 0.3 is 0 Å². The van der Waals surface area contributed by atoms with Crippen molar-refractivity contribution in [1.29, 1.82) is 0 Å². The van der Waals surface area contributed by atoms with E-state index in [2.05, 4.69) is 14.8 Å². The molecule has 0 spiro atoms. The van der Waals surface area contributed by atoms with Crippen molar-refractivity contribution in [3.8, 4) is 0 Å². The average molecular weight is 166 g/mol. The molecule has 0 bridgehead atoms. The van der Waals surface area contributed by atoms with E-state index in [1.54, 1.807) is 0 Å². The summed E-state index contributed by atoms with van der Waals surface area (Å²) < 4.78 is 2.13. The van der Waals surface area contributed by atoms with Crippen LogP contribution in [0.4, 0.5) is 0 Å². The summed E-state index contributed by atoms with van der Waals surface area (Å²) in [4.78, 5) is 0. The van der Waals surface area contributed by atoms with Crippen LogP contribution in [-0.2, 0) is 6.54 Å². The number of nitrogens with zero attached hydrogens (tertiary/aromatic N) is 3. The van der Waals surface area contributed by atoms with Crippen LogP contribution in [0.2, 0.25) is 0 Å². The van der Waals surface area contributed by atoms with E-state index in [0.717, 1.165) is 25.3 Å². The van der Waals surface area contributed by atoms with Crippen LogP contribution in [0, 0.1) is 0 Å². The highest BCUT2D eigenvalue weighted by atomic mass is 15.3. The molecule has 0 amide bonds. The topological polar surface area (TPSA) is 56.7 Å². The minimum Gasteiger partial charge on any atom is -0.330 e. The quantitative estimate of drug-likeness (QED) is 0.708. The molecule has 1 aromatic rings. The molecule has 4 nitrogen and oxygen atoms in total. The second-order valence-corrected chi connectivity index (χ2v) is 3.30. The fraction of sp³-hybridized carbons (Fsp3) is 0.750. The van der Waals surface area contributed by atoms with E-state index in [1.807, 2.05) is 6.33 Å². The SMILES string of the molecule is NCCCn1cnnc1C1CC1. The normalized spacial score (nSPS) is 16.8. The Morgan fingerprint density at radius 2 is 2.42 bits per heavy atom. The van der Waals surface area contributed by atoms with Crippen molar-refractivity contribution in [1.82, 2.24) is 14.8 Å². The molecule has 0 saturated heterocycles. The summed E-state index contributed by atoms with van der Waals surface area (Å²) >= 11 is 0. The predicted octanol–water partition coefficient (Wildman–Crippen LogP) is 0.504. The van der Waals surface area contributed by atoms with Crippen LogP contribution in [0.3, 0.4) is 0 Å². The van der Waals surface area contributed by atoms with Crippen molar-refractivity contribution in [2.24, 2.45) is 5.73 Å². The lowest BCUT2D eigenvalue weighted by Crippen LogP contribution is -2.07. The Kier molecular flexibility index (Phi) is 2.08. The molecule has 1 fully saturated rings. The largest absolute Gasteiger partial charge is 0.330 e. The fourth-order valence-electron chi connectivity index (χ4n) is 1.36. The molecule has 4 heteroatoms. The summed E-state index contributed by atoms with van der Waals surface area (Å²) in [5.74, 6) is 1.84. The van der Waals surface area contributed by atoms with Gasteiger partial charge in [-0.05, 0) is 25.8 Å². The van der Waals surface area contributed by atoms with E-state index < -0.39 is 0 Å². The van der Waals surface area contributed by atoms with Crippen molar-refractivity contribution in [2.45, 2.75) is 31.7 Å². The lowest BCUT2D eigenvalue weighted by molar-refractivity contribution is 0.618. The van der Waals surface area contributed by atoms with Gasteiger partial charge in [0.1, 0.15) is 12.2 Å². The third-order valence-electron chi connectivity index (χ3n) is 2.19. The third-order valence-corrected chi connectivity index (χ3v) is 2.19. The van der Waals surface area contributed by atoms with E-state index in [4.69, 9.17) is 5.73 Å². The Morgan fingerprint density at radius 1 is 1.58 bits per heavy atom. The number of aromatic nitrogens is 3. The Labute approximate surface area is 71.8 Å². The van der Waals surface area contributed by atoms with Crippen molar-refractivity contribution in [3.05, 3.63) is 12.2 Å². The van der Waals surface area contributed by atoms with Gasteiger partial charge in [0.05, 0.1) is 0 Å². The Bertz CT molecular complexity index is 251. The molecule has 66 valence electrons. The Hall–Kier alpha value is -0.900. The first kappa shape index (κ1) is 7.73. The molecule has 1 saturated carbocycles. The van der Waals surface area contributed by atoms with Gasteiger partial charge in [0.15, 0.2) is 0 Å².